The Bertz CT molecular complexity index is 565. The van der Waals surface area contributed by atoms with Crippen LogP contribution in [0.3, 0.4) is 0 Å². The van der Waals surface area contributed by atoms with Crippen molar-refractivity contribution in [2.75, 3.05) is 13.2 Å². The van der Waals surface area contributed by atoms with Gasteiger partial charge < -0.3 is 15.2 Å². The van der Waals surface area contributed by atoms with Gasteiger partial charge in [0.15, 0.2) is 0 Å². The monoisotopic (exact) mass is 345 g/mol. The number of carbonyl (C=O) groups excluding carboxylic acids is 1. The molecule has 1 heterocycles. The van der Waals surface area contributed by atoms with Gasteiger partial charge >= 0.3 is 5.97 Å². The van der Waals surface area contributed by atoms with Gasteiger partial charge in [-0.05, 0) is 41.1 Å². The minimum atomic E-state index is -1.18. The van der Waals surface area contributed by atoms with Gasteiger partial charge in [-0.25, -0.2) is 4.39 Å². The predicted molar refractivity (Wildman–Crippen MR) is 71.9 cm³/mol. The van der Waals surface area contributed by atoms with Crippen LogP contribution in [0, 0.1) is 11.2 Å². The van der Waals surface area contributed by atoms with Crippen LogP contribution in [0.25, 0.3) is 0 Å². The van der Waals surface area contributed by atoms with Gasteiger partial charge in [-0.3, -0.25) is 9.59 Å². The fourth-order valence-corrected chi connectivity index (χ4v) is 2.21. The predicted octanol–water partition coefficient (Wildman–Crippen LogP) is 1.81. The summed E-state index contributed by atoms with van der Waals surface area (Å²) in [5.41, 5.74) is -1.05. The fourth-order valence-electron chi connectivity index (χ4n) is 1.96. The number of nitrogens with one attached hydrogen (secondary N) is 1. The number of carbonyl (C=O) groups is 2. The maximum absolute atomic E-state index is 13.4. The van der Waals surface area contributed by atoms with Crippen LogP contribution in [-0.4, -0.2) is 36.2 Å². The first kappa shape index (κ1) is 14.9. The Morgan fingerprint density at radius 2 is 2.25 bits per heavy atom. The van der Waals surface area contributed by atoms with E-state index in [4.69, 9.17) is 4.74 Å². The quantitative estimate of drug-likeness (QED) is 0.875. The van der Waals surface area contributed by atoms with E-state index in [-0.39, 0.29) is 23.2 Å². The SMILES string of the molecule is CC1(C(=O)O)COCC1NC(=O)c1ccc(Br)c(F)c1. The Morgan fingerprint density at radius 1 is 1.55 bits per heavy atom. The summed E-state index contributed by atoms with van der Waals surface area (Å²) < 4.78 is 18.8. The molecule has 0 aromatic heterocycles. The van der Waals surface area contributed by atoms with Gasteiger partial charge in [-0.15, -0.1) is 0 Å². The number of hydrogen-bond donors (Lipinski definition) is 2. The molecule has 2 unspecified atom stereocenters. The van der Waals surface area contributed by atoms with E-state index in [0.29, 0.717) is 0 Å². The number of hydrogen-bond acceptors (Lipinski definition) is 3. The number of amides is 1. The molecule has 2 N–H and O–H groups in total. The average Bonchev–Trinajstić information content (AvgIpc) is 2.75. The van der Waals surface area contributed by atoms with Gasteiger partial charge in [0.2, 0.25) is 0 Å². The standard InChI is InChI=1S/C13H13BrFNO4/c1-13(12(18)19)6-20-5-10(13)16-11(17)7-2-3-8(14)9(15)4-7/h2-4,10H,5-6H2,1H3,(H,16,17)(H,18,19). The molecule has 1 aromatic rings. The van der Waals surface area contributed by atoms with E-state index in [2.05, 4.69) is 21.2 Å². The van der Waals surface area contributed by atoms with Crippen LogP contribution in [-0.2, 0) is 9.53 Å². The second-order valence-electron chi connectivity index (χ2n) is 4.89. The summed E-state index contributed by atoms with van der Waals surface area (Å²) in [6.07, 6.45) is 0. The summed E-state index contributed by atoms with van der Waals surface area (Å²) >= 11 is 3.00. The number of rotatable bonds is 3. The molecular weight excluding hydrogens is 333 g/mol. The molecule has 0 aliphatic carbocycles. The molecule has 1 amide bonds. The molecule has 1 aliphatic heterocycles. The minimum Gasteiger partial charge on any atom is -0.481 e. The highest BCUT2D eigenvalue weighted by atomic mass is 79.9. The molecule has 0 spiro atoms. The fraction of sp³-hybridized carbons (Fsp3) is 0.385. The van der Waals surface area contributed by atoms with E-state index in [1.54, 1.807) is 0 Å². The van der Waals surface area contributed by atoms with Crippen LogP contribution >= 0.6 is 15.9 Å². The van der Waals surface area contributed by atoms with Gasteiger partial charge in [0, 0.05) is 5.56 Å². The van der Waals surface area contributed by atoms with Crippen molar-refractivity contribution in [3.8, 4) is 0 Å². The van der Waals surface area contributed by atoms with Crippen LogP contribution in [0.15, 0.2) is 22.7 Å². The zero-order valence-electron chi connectivity index (χ0n) is 10.7. The summed E-state index contributed by atoms with van der Waals surface area (Å²) in [5.74, 6) is -2.12. The van der Waals surface area contributed by atoms with Crippen molar-refractivity contribution in [2.24, 2.45) is 5.41 Å². The van der Waals surface area contributed by atoms with Crippen molar-refractivity contribution in [3.05, 3.63) is 34.1 Å². The Hall–Kier alpha value is -1.47. The lowest BCUT2D eigenvalue weighted by molar-refractivity contribution is -0.148. The lowest BCUT2D eigenvalue weighted by Crippen LogP contribution is -2.49. The molecular formula is C13H13BrFNO4. The number of benzene rings is 1. The van der Waals surface area contributed by atoms with Crippen LogP contribution in [0.1, 0.15) is 17.3 Å². The summed E-state index contributed by atoms with van der Waals surface area (Å²) in [6.45, 7) is 1.66. The van der Waals surface area contributed by atoms with E-state index in [1.165, 1.54) is 19.1 Å². The summed E-state index contributed by atoms with van der Waals surface area (Å²) in [4.78, 5) is 23.3. The van der Waals surface area contributed by atoms with Crippen molar-refractivity contribution in [3.63, 3.8) is 0 Å². The van der Waals surface area contributed by atoms with E-state index in [1.807, 2.05) is 0 Å². The van der Waals surface area contributed by atoms with E-state index in [0.717, 1.165) is 6.07 Å². The maximum atomic E-state index is 13.4. The topological polar surface area (TPSA) is 75.6 Å². The van der Waals surface area contributed by atoms with Crippen molar-refractivity contribution in [1.29, 1.82) is 0 Å². The van der Waals surface area contributed by atoms with E-state index in [9.17, 15) is 19.1 Å². The summed E-state index contributed by atoms with van der Waals surface area (Å²) in [6, 6.07) is 3.31. The molecule has 1 fully saturated rings. The lowest BCUT2D eigenvalue weighted by Gasteiger charge is -2.25. The molecule has 5 nitrogen and oxygen atoms in total. The van der Waals surface area contributed by atoms with Gasteiger partial charge in [-0.1, -0.05) is 0 Å². The molecule has 0 saturated carbocycles. The average molecular weight is 346 g/mol. The Morgan fingerprint density at radius 3 is 2.85 bits per heavy atom. The van der Waals surface area contributed by atoms with Gasteiger partial charge in [-0.2, -0.15) is 0 Å². The van der Waals surface area contributed by atoms with Crippen molar-refractivity contribution < 1.29 is 23.8 Å². The molecule has 20 heavy (non-hydrogen) atoms. The maximum Gasteiger partial charge on any atom is 0.313 e. The molecule has 1 aromatic carbocycles. The minimum absolute atomic E-state index is 0.0297. The second kappa shape index (κ2) is 5.49. The molecule has 0 radical (unpaired) electrons. The largest absolute Gasteiger partial charge is 0.481 e. The van der Waals surface area contributed by atoms with Crippen LogP contribution < -0.4 is 5.32 Å². The first-order valence-electron chi connectivity index (χ1n) is 5.91. The molecule has 1 saturated heterocycles. The van der Waals surface area contributed by atoms with E-state index >= 15 is 0 Å². The molecule has 0 bridgehead atoms. The van der Waals surface area contributed by atoms with Crippen LogP contribution in [0.2, 0.25) is 0 Å². The zero-order chi connectivity index (χ0) is 14.9. The summed E-state index contributed by atoms with van der Waals surface area (Å²) in [5, 5.41) is 11.8. The van der Waals surface area contributed by atoms with E-state index < -0.39 is 29.2 Å². The third kappa shape index (κ3) is 2.69. The Balaban J connectivity index is 2.15. The van der Waals surface area contributed by atoms with Gasteiger partial charge in [0.25, 0.3) is 5.91 Å². The second-order valence-corrected chi connectivity index (χ2v) is 5.75. The summed E-state index contributed by atoms with van der Waals surface area (Å²) in [7, 11) is 0. The Labute approximate surface area is 123 Å². The molecule has 7 heteroatoms. The highest BCUT2D eigenvalue weighted by molar-refractivity contribution is 9.10. The molecule has 2 atom stereocenters. The smallest absolute Gasteiger partial charge is 0.313 e. The Kier molecular flexibility index (Phi) is 4.10. The molecule has 1 aliphatic rings. The normalized spacial score (nSPS) is 25.4. The molecule has 2 rings (SSSR count). The number of ether oxygens (including phenoxy) is 1. The highest BCUT2D eigenvalue weighted by Crippen LogP contribution is 2.29. The number of carboxylic acids is 1. The van der Waals surface area contributed by atoms with Gasteiger partial charge in [0.1, 0.15) is 11.2 Å². The number of halogens is 2. The first-order chi connectivity index (χ1) is 9.34. The number of carboxylic acid groups (broad SMARTS) is 1. The lowest BCUT2D eigenvalue weighted by atomic mass is 9.85. The van der Waals surface area contributed by atoms with Crippen molar-refractivity contribution in [1.82, 2.24) is 5.32 Å². The van der Waals surface area contributed by atoms with Crippen molar-refractivity contribution in [2.45, 2.75) is 13.0 Å². The highest BCUT2D eigenvalue weighted by Gasteiger charge is 2.47. The number of aliphatic carboxylic acids is 1. The third-order valence-electron chi connectivity index (χ3n) is 3.43. The van der Waals surface area contributed by atoms with Crippen LogP contribution in [0.5, 0.6) is 0 Å². The van der Waals surface area contributed by atoms with Gasteiger partial charge in [0.05, 0.1) is 23.7 Å². The third-order valence-corrected chi connectivity index (χ3v) is 4.07. The van der Waals surface area contributed by atoms with Crippen molar-refractivity contribution >= 4 is 27.8 Å². The molecule has 108 valence electrons. The van der Waals surface area contributed by atoms with Crippen LogP contribution in [0.4, 0.5) is 4.39 Å². The zero-order valence-corrected chi connectivity index (χ0v) is 12.2. The first-order valence-corrected chi connectivity index (χ1v) is 6.71.